The fourth-order valence-electron chi connectivity index (χ4n) is 1.22. The van der Waals surface area contributed by atoms with Gasteiger partial charge in [0.2, 0.25) is 0 Å². The second-order valence-corrected chi connectivity index (χ2v) is 6.45. The van der Waals surface area contributed by atoms with Crippen molar-refractivity contribution in [3.05, 3.63) is 30.4 Å². The van der Waals surface area contributed by atoms with Gasteiger partial charge in [0, 0.05) is 5.57 Å². The van der Waals surface area contributed by atoms with Crippen LogP contribution in [-0.4, -0.2) is 31.9 Å². The molecule has 8 nitrogen and oxygen atoms in total. The zero-order chi connectivity index (χ0) is 15.7. The van der Waals surface area contributed by atoms with Crippen LogP contribution < -0.4 is 4.74 Å². The van der Waals surface area contributed by atoms with E-state index in [4.69, 9.17) is 9.11 Å². The summed E-state index contributed by atoms with van der Waals surface area (Å²) in [7, 11) is -10.0. The summed E-state index contributed by atoms with van der Waals surface area (Å²) in [4.78, 5) is 9.01. The summed E-state index contributed by atoms with van der Waals surface area (Å²) in [5.74, 6) is -1.77. The van der Waals surface area contributed by atoms with Gasteiger partial charge >= 0.3 is 5.97 Å². The fourth-order valence-corrected chi connectivity index (χ4v) is 3.12. The summed E-state index contributed by atoms with van der Waals surface area (Å²) in [5, 5.41) is 0. The standard InChI is InChI=1S/C10H10O8S2/c1-6(2)10(11)18-7-4-3-5-8(19(12,13)14)9(7)20(15,16)17/h3-5H,1H2,2H3,(H,12,13,14)(H,15,16,17). The summed E-state index contributed by atoms with van der Waals surface area (Å²) in [6, 6.07) is 2.70. The highest BCUT2D eigenvalue weighted by Gasteiger charge is 2.29. The largest absolute Gasteiger partial charge is 0.422 e. The highest BCUT2D eigenvalue weighted by Crippen LogP contribution is 2.30. The Morgan fingerprint density at radius 3 is 2.10 bits per heavy atom. The van der Waals surface area contributed by atoms with E-state index in [1.165, 1.54) is 6.92 Å². The third kappa shape index (κ3) is 3.63. The van der Waals surface area contributed by atoms with E-state index in [0.717, 1.165) is 18.2 Å². The van der Waals surface area contributed by atoms with E-state index in [0.29, 0.717) is 0 Å². The third-order valence-corrected chi connectivity index (χ3v) is 3.99. The molecule has 10 heteroatoms. The van der Waals surface area contributed by atoms with Gasteiger partial charge in [0.1, 0.15) is 4.90 Å². The topological polar surface area (TPSA) is 135 Å². The number of hydrogen-bond donors (Lipinski definition) is 2. The lowest BCUT2D eigenvalue weighted by Gasteiger charge is -2.10. The zero-order valence-corrected chi connectivity index (χ0v) is 11.7. The van der Waals surface area contributed by atoms with E-state index in [2.05, 4.69) is 11.3 Å². The van der Waals surface area contributed by atoms with Crippen molar-refractivity contribution in [3.8, 4) is 5.75 Å². The van der Waals surface area contributed by atoms with Crippen LogP contribution in [0.1, 0.15) is 6.92 Å². The van der Waals surface area contributed by atoms with Crippen LogP contribution in [-0.2, 0) is 25.0 Å². The third-order valence-electron chi connectivity index (χ3n) is 2.03. The van der Waals surface area contributed by atoms with Gasteiger partial charge in [-0.3, -0.25) is 9.11 Å². The maximum Gasteiger partial charge on any atom is 0.338 e. The van der Waals surface area contributed by atoms with Crippen molar-refractivity contribution in [1.29, 1.82) is 0 Å². The molecule has 110 valence electrons. The van der Waals surface area contributed by atoms with Gasteiger partial charge in [-0.25, -0.2) is 4.79 Å². The number of esters is 1. The average molecular weight is 322 g/mol. The summed E-state index contributed by atoms with van der Waals surface area (Å²) in [5.41, 5.74) is -0.0800. The van der Waals surface area contributed by atoms with Gasteiger partial charge in [-0.05, 0) is 19.1 Å². The van der Waals surface area contributed by atoms with E-state index in [1.54, 1.807) is 0 Å². The summed E-state index contributed by atoms with van der Waals surface area (Å²) < 4.78 is 67.3. The smallest absolute Gasteiger partial charge is 0.338 e. The molecule has 0 bridgehead atoms. The van der Waals surface area contributed by atoms with Gasteiger partial charge in [-0.2, -0.15) is 16.8 Å². The lowest BCUT2D eigenvalue weighted by atomic mass is 10.3. The SMILES string of the molecule is C=C(C)C(=O)Oc1cccc(S(=O)(=O)O)c1S(=O)(=O)O. The molecule has 0 aromatic heterocycles. The van der Waals surface area contributed by atoms with Gasteiger partial charge < -0.3 is 4.74 Å². The molecule has 0 heterocycles. The quantitative estimate of drug-likeness (QED) is 0.357. The van der Waals surface area contributed by atoms with Crippen LogP contribution in [0.4, 0.5) is 0 Å². The van der Waals surface area contributed by atoms with Crippen LogP contribution in [0.15, 0.2) is 40.1 Å². The predicted molar refractivity (Wildman–Crippen MR) is 66.5 cm³/mol. The molecular weight excluding hydrogens is 312 g/mol. The molecule has 0 amide bonds. The van der Waals surface area contributed by atoms with Crippen molar-refractivity contribution in [3.63, 3.8) is 0 Å². The van der Waals surface area contributed by atoms with Crippen molar-refractivity contribution in [2.45, 2.75) is 16.7 Å². The Labute approximate surface area is 115 Å². The molecule has 2 N–H and O–H groups in total. The van der Waals surface area contributed by atoms with Crippen molar-refractivity contribution < 1.29 is 35.5 Å². The van der Waals surface area contributed by atoms with Crippen LogP contribution in [0.5, 0.6) is 5.75 Å². The Morgan fingerprint density at radius 2 is 1.70 bits per heavy atom. The molecule has 0 saturated carbocycles. The van der Waals surface area contributed by atoms with E-state index in [-0.39, 0.29) is 5.57 Å². The molecule has 0 fully saturated rings. The number of carbonyl (C=O) groups is 1. The number of rotatable bonds is 4. The Hall–Kier alpha value is -1.75. The van der Waals surface area contributed by atoms with Gasteiger partial charge in [0.05, 0.1) is 0 Å². The summed E-state index contributed by atoms with van der Waals surface area (Å²) >= 11 is 0. The molecular formula is C10H10O8S2. The molecule has 0 spiro atoms. The van der Waals surface area contributed by atoms with Crippen LogP contribution >= 0.6 is 0 Å². The maximum atomic E-state index is 11.3. The van der Waals surface area contributed by atoms with Gasteiger partial charge in [-0.1, -0.05) is 12.6 Å². The minimum Gasteiger partial charge on any atom is -0.422 e. The maximum absolute atomic E-state index is 11.3. The number of benzene rings is 1. The van der Waals surface area contributed by atoms with Gasteiger partial charge in [-0.15, -0.1) is 0 Å². The van der Waals surface area contributed by atoms with E-state index >= 15 is 0 Å². The predicted octanol–water partition coefficient (Wildman–Crippen LogP) is 0.662. The van der Waals surface area contributed by atoms with Crippen molar-refractivity contribution in [2.24, 2.45) is 0 Å². The van der Waals surface area contributed by atoms with E-state index in [9.17, 15) is 21.6 Å². The minimum absolute atomic E-state index is 0.0800. The molecule has 0 aliphatic carbocycles. The summed E-state index contributed by atoms with van der Waals surface area (Å²) in [6.45, 7) is 4.54. The van der Waals surface area contributed by atoms with Gasteiger partial charge in [0.25, 0.3) is 20.2 Å². The Kier molecular flexibility index (Phi) is 4.34. The van der Waals surface area contributed by atoms with Crippen LogP contribution in [0.3, 0.4) is 0 Å². The second kappa shape index (κ2) is 5.32. The molecule has 0 aliphatic heterocycles. The van der Waals surface area contributed by atoms with Crippen molar-refractivity contribution in [1.82, 2.24) is 0 Å². The first-order valence-corrected chi connectivity index (χ1v) is 7.78. The Balaban J connectivity index is 3.63. The molecule has 0 aliphatic rings. The van der Waals surface area contributed by atoms with E-state index < -0.39 is 41.7 Å². The van der Waals surface area contributed by atoms with Crippen molar-refractivity contribution in [2.75, 3.05) is 0 Å². The number of hydrogen-bond acceptors (Lipinski definition) is 6. The van der Waals surface area contributed by atoms with Crippen LogP contribution in [0, 0.1) is 0 Å². The average Bonchev–Trinajstić information content (AvgIpc) is 2.25. The molecule has 20 heavy (non-hydrogen) atoms. The Morgan fingerprint density at radius 1 is 1.15 bits per heavy atom. The molecule has 1 rings (SSSR count). The normalized spacial score (nSPS) is 11.9. The fraction of sp³-hybridized carbons (Fsp3) is 0.100. The zero-order valence-electron chi connectivity index (χ0n) is 10.1. The first-order chi connectivity index (χ1) is 8.94. The molecule has 0 radical (unpaired) electrons. The van der Waals surface area contributed by atoms with E-state index in [1.807, 2.05) is 0 Å². The first-order valence-electron chi connectivity index (χ1n) is 4.90. The minimum atomic E-state index is -5.06. The molecule has 0 saturated heterocycles. The van der Waals surface area contributed by atoms with Gasteiger partial charge in [0.15, 0.2) is 10.6 Å². The highest BCUT2D eigenvalue weighted by molar-refractivity contribution is 7.89. The lowest BCUT2D eigenvalue weighted by molar-refractivity contribution is -0.130. The Bertz CT molecular complexity index is 773. The monoisotopic (exact) mass is 322 g/mol. The first kappa shape index (κ1) is 16.3. The van der Waals surface area contributed by atoms with Crippen LogP contribution in [0.25, 0.3) is 0 Å². The second-order valence-electron chi connectivity index (χ2n) is 3.70. The molecule has 0 atom stereocenters. The molecule has 1 aromatic carbocycles. The molecule has 1 aromatic rings. The van der Waals surface area contributed by atoms with Crippen molar-refractivity contribution >= 4 is 26.2 Å². The van der Waals surface area contributed by atoms with Crippen LogP contribution in [0.2, 0.25) is 0 Å². The molecule has 0 unspecified atom stereocenters. The summed E-state index contributed by atoms with van der Waals surface area (Å²) in [6.07, 6.45) is 0. The number of ether oxygens (including phenoxy) is 1. The highest BCUT2D eigenvalue weighted by atomic mass is 32.2. The lowest BCUT2D eigenvalue weighted by Crippen LogP contribution is -2.14. The number of carbonyl (C=O) groups excluding carboxylic acids is 1.